The number of anilines is 1. The number of ether oxygens (including phenoxy) is 1. The van der Waals surface area contributed by atoms with Crippen molar-refractivity contribution in [3.63, 3.8) is 0 Å². The first-order valence-corrected chi connectivity index (χ1v) is 10.4. The van der Waals surface area contributed by atoms with Gasteiger partial charge in [0.1, 0.15) is 12.4 Å². The highest BCUT2D eigenvalue weighted by atomic mass is 35.5. The number of aryl methyl sites for hydroxylation is 3. The Kier molecular flexibility index (Phi) is 5.75. The molecule has 0 saturated carbocycles. The number of hydrogen-bond acceptors (Lipinski definition) is 6. The summed E-state index contributed by atoms with van der Waals surface area (Å²) < 4.78 is 10.4. The van der Waals surface area contributed by atoms with E-state index < -0.39 is 0 Å². The normalized spacial score (nSPS) is 11.1. The van der Waals surface area contributed by atoms with Gasteiger partial charge in [0.05, 0.1) is 28.5 Å². The van der Waals surface area contributed by atoms with Gasteiger partial charge in [-0.25, -0.2) is 9.48 Å². The van der Waals surface area contributed by atoms with Crippen LogP contribution < -0.4 is 15.7 Å². The van der Waals surface area contributed by atoms with Gasteiger partial charge in [-0.2, -0.15) is 14.5 Å². The van der Waals surface area contributed by atoms with E-state index in [9.17, 15) is 4.79 Å². The maximum Gasteiger partial charge on any atom is 0.368 e. The summed E-state index contributed by atoms with van der Waals surface area (Å²) in [5.74, 6) is 0.710. The molecule has 0 amide bonds. The fraction of sp³-hybridized carbons (Fsp3) is 0.273. The second-order valence-electron chi connectivity index (χ2n) is 7.48. The van der Waals surface area contributed by atoms with Gasteiger partial charge >= 0.3 is 5.69 Å². The number of rotatable bonds is 6. The second kappa shape index (κ2) is 8.51. The molecule has 32 heavy (non-hydrogen) atoms. The number of aromatic nitrogens is 6. The van der Waals surface area contributed by atoms with E-state index in [0.717, 1.165) is 33.0 Å². The number of benzene rings is 2. The smallest absolute Gasteiger partial charge is 0.368 e. The number of nitrogens with one attached hydrogen (secondary N) is 1. The van der Waals surface area contributed by atoms with Crippen LogP contribution in [0.25, 0.3) is 11.4 Å². The average Bonchev–Trinajstić information content (AvgIpc) is 3.25. The molecule has 0 aliphatic carbocycles. The monoisotopic (exact) mass is 453 g/mol. The van der Waals surface area contributed by atoms with Crippen molar-refractivity contribution in [1.29, 1.82) is 0 Å². The van der Waals surface area contributed by atoms with E-state index in [1.54, 1.807) is 25.2 Å². The van der Waals surface area contributed by atoms with Crippen molar-refractivity contribution in [3.8, 4) is 17.1 Å². The lowest BCUT2D eigenvalue weighted by Gasteiger charge is -2.14. The second-order valence-corrected chi connectivity index (χ2v) is 7.89. The summed E-state index contributed by atoms with van der Waals surface area (Å²) in [6, 6.07) is 11.2. The zero-order chi connectivity index (χ0) is 23.0. The topological polar surface area (TPSA) is 91.8 Å². The third kappa shape index (κ3) is 3.75. The lowest BCUT2D eigenvalue weighted by Crippen LogP contribution is -2.23. The highest BCUT2D eigenvalue weighted by molar-refractivity contribution is 6.31. The van der Waals surface area contributed by atoms with Crippen LogP contribution in [0, 0.1) is 20.8 Å². The van der Waals surface area contributed by atoms with Crippen LogP contribution in [0.2, 0.25) is 5.02 Å². The number of nitrogens with zero attached hydrogens (tertiary/aromatic N) is 6. The van der Waals surface area contributed by atoms with Gasteiger partial charge in [-0.1, -0.05) is 17.7 Å². The Morgan fingerprint density at radius 2 is 1.88 bits per heavy atom. The van der Waals surface area contributed by atoms with Crippen molar-refractivity contribution in [2.24, 2.45) is 7.05 Å². The third-order valence-corrected chi connectivity index (χ3v) is 5.71. The van der Waals surface area contributed by atoms with E-state index in [2.05, 4.69) is 20.8 Å². The van der Waals surface area contributed by atoms with Gasteiger partial charge in [0.15, 0.2) is 0 Å². The van der Waals surface area contributed by atoms with Crippen LogP contribution in [0.5, 0.6) is 5.75 Å². The minimum Gasteiger partial charge on any atom is -0.488 e. The minimum absolute atomic E-state index is 0.169. The lowest BCUT2D eigenvalue weighted by molar-refractivity contribution is 0.303. The van der Waals surface area contributed by atoms with Crippen LogP contribution in [-0.4, -0.2) is 36.6 Å². The molecule has 2 heterocycles. The van der Waals surface area contributed by atoms with Crippen molar-refractivity contribution in [2.75, 3.05) is 12.4 Å². The Bertz CT molecular complexity index is 1350. The fourth-order valence-corrected chi connectivity index (χ4v) is 3.91. The van der Waals surface area contributed by atoms with Crippen molar-refractivity contribution in [3.05, 3.63) is 74.4 Å². The Hall–Kier alpha value is -3.59. The van der Waals surface area contributed by atoms with Crippen molar-refractivity contribution < 1.29 is 4.74 Å². The molecule has 0 unspecified atom stereocenters. The summed E-state index contributed by atoms with van der Waals surface area (Å²) in [7, 11) is 3.43. The number of halogens is 1. The Labute approximate surface area is 190 Å². The first-order chi connectivity index (χ1) is 15.3. The van der Waals surface area contributed by atoms with Gasteiger partial charge in [0, 0.05) is 24.7 Å². The Morgan fingerprint density at radius 1 is 1.09 bits per heavy atom. The molecule has 0 aliphatic rings. The Balaban J connectivity index is 1.62. The van der Waals surface area contributed by atoms with Gasteiger partial charge in [-0.05, 0) is 67.1 Å². The molecule has 10 heteroatoms. The van der Waals surface area contributed by atoms with Crippen LogP contribution in [0.3, 0.4) is 0 Å². The summed E-state index contributed by atoms with van der Waals surface area (Å²) in [5, 5.41) is 16.0. The zero-order valence-corrected chi connectivity index (χ0v) is 19.3. The quantitative estimate of drug-likeness (QED) is 0.481. The maximum absolute atomic E-state index is 12.3. The molecule has 2 aromatic carbocycles. The summed E-state index contributed by atoms with van der Waals surface area (Å²) in [6.07, 6.45) is 0. The summed E-state index contributed by atoms with van der Waals surface area (Å²) >= 11 is 6.43. The summed E-state index contributed by atoms with van der Waals surface area (Å²) in [4.78, 5) is 12.3. The molecule has 0 spiro atoms. The third-order valence-electron chi connectivity index (χ3n) is 5.36. The van der Waals surface area contributed by atoms with E-state index in [1.165, 1.54) is 4.68 Å². The van der Waals surface area contributed by atoms with Gasteiger partial charge in [0.2, 0.25) is 0 Å². The van der Waals surface area contributed by atoms with Crippen molar-refractivity contribution in [1.82, 2.24) is 29.6 Å². The molecule has 0 atom stereocenters. The minimum atomic E-state index is -0.361. The van der Waals surface area contributed by atoms with E-state index >= 15 is 0 Å². The SMILES string of the molecule is CNc1c(C)nn(-c2ccc(OCc3c(Cl)cccc3-n3nnn(C)c3=O)c(C)c2)c1C. The molecule has 0 bridgehead atoms. The van der Waals surface area contributed by atoms with Crippen LogP contribution in [0.1, 0.15) is 22.5 Å². The highest BCUT2D eigenvalue weighted by Gasteiger charge is 2.16. The van der Waals surface area contributed by atoms with E-state index in [0.29, 0.717) is 22.0 Å². The molecule has 9 nitrogen and oxygen atoms in total. The molecule has 0 aliphatic heterocycles. The van der Waals surface area contributed by atoms with Crippen molar-refractivity contribution in [2.45, 2.75) is 27.4 Å². The van der Waals surface area contributed by atoms with Gasteiger partial charge in [-0.3, -0.25) is 0 Å². The van der Waals surface area contributed by atoms with Crippen LogP contribution in [0.15, 0.2) is 41.2 Å². The van der Waals surface area contributed by atoms with Gasteiger partial charge in [0.25, 0.3) is 0 Å². The van der Waals surface area contributed by atoms with Crippen LogP contribution in [-0.2, 0) is 13.7 Å². The molecule has 166 valence electrons. The van der Waals surface area contributed by atoms with E-state index in [4.69, 9.17) is 16.3 Å². The van der Waals surface area contributed by atoms with Crippen molar-refractivity contribution >= 4 is 17.3 Å². The molecule has 4 rings (SSSR count). The number of hydrogen-bond donors (Lipinski definition) is 1. The standard InChI is InChI=1S/C22H24ClN7O2/c1-13-11-16(29-15(3)21(24-4)14(2)25-29)9-10-20(13)32-12-17-18(23)7-6-8-19(17)30-22(31)28(5)26-27-30/h6-11,24H,12H2,1-5H3. The molecular weight excluding hydrogens is 430 g/mol. The molecule has 4 aromatic rings. The zero-order valence-electron chi connectivity index (χ0n) is 18.5. The Morgan fingerprint density at radius 3 is 2.50 bits per heavy atom. The van der Waals surface area contributed by atoms with Gasteiger partial charge < -0.3 is 10.1 Å². The molecule has 0 radical (unpaired) electrons. The molecule has 0 fully saturated rings. The van der Waals surface area contributed by atoms with Crippen LogP contribution in [0.4, 0.5) is 5.69 Å². The number of tetrazole rings is 1. The predicted molar refractivity (Wildman–Crippen MR) is 123 cm³/mol. The van der Waals surface area contributed by atoms with E-state index in [-0.39, 0.29) is 12.3 Å². The van der Waals surface area contributed by atoms with E-state index in [1.807, 2.05) is 50.7 Å². The largest absolute Gasteiger partial charge is 0.488 e. The predicted octanol–water partition coefficient (Wildman–Crippen LogP) is 3.35. The highest BCUT2D eigenvalue weighted by Crippen LogP contribution is 2.28. The molecular formula is C22H24ClN7O2. The molecule has 2 aromatic heterocycles. The van der Waals surface area contributed by atoms with Gasteiger partial charge in [-0.15, -0.1) is 0 Å². The summed E-state index contributed by atoms with van der Waals surface area (Å²) in [5.41, 5.74) is 5.72. The van der Waals surface area contributed by atoms with Crippen LogP contribution >= 0.6 is 11.6 Å². The maximum atomic E-state index is 12.3. The lowest BCUT2D eigenvalue weighted by atomic mass is 10.1. The summed E-state index contributed by atoms with van der Waals surface area (Å²) in [6.45, 7) is 6.15. The molecule has 0 saturated heterocycles. The first-order valence-electron chi connectivity index (χ1n) is 10.1. The molecule has 1 N–H and O–H groups in total. The average molecular weight is 454 g/mol. The fourth-order valence-electron chi connectivity index (χ4n) is 3.69. The first kappa shape index (κ1) is 21.6.